The molecule has 0 fully saturated rings. The average Bonchev–Trinajstić information content (AvgIpc) is 2.86. The highest BCUT2D eigenvalue weighted by Crippen LogP contribution is 2.13. The van der Waals surface area contributed by atoms with E-state index in [1.807, 2.05) is 35.1 Å². The topological polar surface area (TPSA) is 132 Å². The van der Waals surface area contributed by atoms with Gasteiger partial charge in [0.1, 0.15) is 5.69 Å². The number of pyridine rings is 1. The lowest BCUT2D eigenvalue weighted by atomic mass is 10.1. The minimum Gasteiger partial charge on any atom is -0.458 e. The van der Waals surface area contributed by atoms with Gasteiger partial charge < -0.3 is 10.1 Å². The molecule has 0 radical (unpaired) electrons. The molecule has 0 aliphatic carbocycles. The number of nitrogens with zero attached hydrogens (tertiary/aromatic N) is 1. The van der Waals surface area contributed by atoms with Gasteiger partial charge in [0.05, 0.1) is 16.6 Å². The smallest absolute Gasteiger partial charge is 0.357 e. The fourth-order valence-electron chi connectivity index (χ4n) is 3.21. The van der Waals surface area contributed by atoms with Crippen molar-refractivity contribution in [3.8, 4) is 0 Å². The average molecular weight is 510 g/mol. The highest BCUT2D eigenvalue weighted by atomic mass is 32.2. The lowest BCUT2D eigenvalue weighted by molar-refractivity contribution is 0.0370. The molecule has 2 N–H and O–H groups in total. The first-order chi connectivity index (χ1) is 17.2. The third-order valence-electron chi connectivity index (χ3n) is 4.98. The van der Waals surface area contributed by atoms with Gasteiger partial charge in [-0.1, -0.05) is 36.4 Å². The zero-order valence-electron chi connectivity index (χ0n) is 19.9. The van der Waals surface area contributed by atoms with E-state index in [2.05, 4.69) is 10.3 Å². The number of hydrogen-bond donors (Lipinski definition) is 2. The summed E-state index contributed by atoms with van der Waals surface area (Å²) in [6, 6.07) is 17.8. The maximum atomic E-state index is 12.7. The van der Waals surface area contributed by atoms with Crippen molar-refractivity contribution in [3.05, 3.63) is 95.3 Å². The van der Waals surface area contributed by atoms with Crippen LogP contribution in [-0.2, 0) is 21.2 Å². The third kappa shape index (κ3) is 7.47. The van der Waals surface area contributed by atoms with Gasteiger partial charge in [0, 0.05) is 18.3 Å². The number of benzene rings is 2. The van der Waals surface area contributed by atoms with Gasteiger partial charge in [-0.05, 0) is 62.6 Å². The fraction of sp³-hybridized carbons (Fsp3) is 0.231. The number of rotatable bonds is 10. The number of hydrogen-bond acceptors (Lipinski definition) is 7. The van der Waals surface area contributed by atoms with Crippen LogP contribution in [0.15, 0.2) is 77.8 Å². The second kappa shape index (κ2) is 12.1. The first-order valence-corrected chi connectivity index (χ1v) is 12.8. The number of esters is 1. The van der Waals surface area contributed by atoms with E-state index < -0.39 is 27.8 Å². The van der Waals surface area contributed by atoms with E-state index in [0.29, 0.717) is 6.54 Å². The molecule has 0 bridgehead atoms. The molecule has 0 saturated carbocycles. The molecule has 0 atom stereocenters. The Bertz CT molecular complexity index is 1320. The van der Waals surface area contributed by atoms with Gasteiger partial charge >= 0.3 is 5.97 Å². The second-order valence-corrected chi connectivity index (χ2v) is 9.88. The van der Waals surface area contributed by atoms with Crippen LogP contribution in [0.5, 0.6) is 0 Å². The zero-order valence-corrected chi connectivity index (χ0v) is 20.7. The van der Waals surface area contributed by atoms with Gasteiger partial charge in [0.15, 0.2) is 0 Å². The lowest BCUT2D eigenvalue weighted by Crippen LogP contribution is -2.31. The maximum absolute atomic E-state index is 12.7. The number of amides is 2. The van der Waals surface area contributed by atoms with Gasteiger partial charge in [0.25, 0.3) is 21.8 Å². The Morgan fingerprint density at radius 2 is 1.67 bits per heavy atom. The summed E-state index contributed by atoms with van der Waals surface area (Å²) in [6.45, 7) is 3.81. The third-order valence-corrected chi connectivity index (χ3v) is 6.31. The standard InChI is InChI=1S/C26H27N3O6S/c1-18(2)35-26(32)23-14-13-21(17-28-23)25(31)29-36(33,34)22-12-6-11-20(16-22)24(30)27-15-7-10-19-8-4-3-5-9-19/h3-6,8-9,11-14,16-18H,7,10,15H2,1-2H3,(H,27,30)(H,29,31). The molecule has 2 amide bonds. The highest BCUT2D eigenvalue weighted by Gasteiger charge is 2.21. The predicted octanol–water partition coefficient (Wildman–Crippen LogP) is 3.13. The summed E-state index contributed by atoms with van der Waals surface area (Å²) in [5.74, 6) is -2.00. The Morgan fingerprint density at radius 3 is 2.33 bits per heavy atom. The van der Waals surface area contributed by atoms with Crippen LogP contribution in [0.1, 0.15) is 57.0 Å². The summed E-state index contributed by atoms with van der Waals surface area (Å²) in [5, 5.41) is 2.77. The van der Waals surface area contributed by atoms with Crippen molar-refractivity contribution in [2.24, 2.45) is 0 Å². The monoisotopic (exact) mass is 509 g/mol. The number of sulfonamides is 1. The quantitative estimate of drug-likeness (QED) is 0.317. The minimum absolute atomic E-state index is 0.00871. The number of aryl methyl sites for hydroxylation is 1. The van der Waals surface area contributed by atoms with Crippen LogP contribution in [-0.4, -0.2) is 43.8 Å². The fourth-order valence-corrected chi connectivity index (χ4v) is 4.23. The van der Waals surface area contributed by atoms with Crippen molar-refractivity contribution in [2.75, 3.05) is 6.54 Å². The van der Waals surface area contributed by atoms with Crippen molar-refractivity contribution in [1.82, 2.24) is 15.0 Å². The SMILES string of the molecule is CC(C)OC(=O)c1ccc(C(=O)NS(=O)(=O)c2cccc(C(=O)NCCCc3ccccc3)c2)cn1. The molecule has 0 unspecified atom stereocenters. The molecule has 36 heavy (non-hydrogen) atoms. The molecular formula is C26H27N3O6S. The highest BCUT2D eigenvalue weighted by molar-refractivity contribution is 7.90. The second-order valence-electron chi connectivity index (χ2n) is 8.19. The van der Waals surface area contributed by atoms with Crippen LogP contribution >= 0.6 is 0 Å². The molecule has 10 heteroatoms. The van der Waals surface area contributed by atoms with Crippen LogP contribution in [0.2, 0.25) is 0 Å². The molecule has 0 saturated heterocycles. The molecule has 0 spiro atoms. The van der Waals surface area contributed by atoms with Gasteiger partial charge in [-0.2, -0.15) is 0 Å². The summed E-state index contributed by atoms with van der Waals surface area (Å²) in [6.07, 6.45) is 2.28. The maximum Gasteiger partial charge on any atom is 0.357 e. The Balaban J connectivity index is 1.60. The van der Waals surface area contributed by atoms with Gasteiger partial charge in [-0.3, -0.25) is 9.59 Å². The Labute approximate surface area is 210 Å². The Morgan fingerprint density at radius 1 is 0.917 bits per heavy atom. The number of carbonyl (C=O) groups excluding carboxylic acids is 3. The number of nitrogens with one attached hydrogen (secondary N) is 2. The number of ether oxygens (including phenoxy) is 1. The first-order valence-electron chi connectivity index (χ1n) is 11.3. The Hall–Kier alpha value is -4.05. The molecule has 0 aliphatic heterocycles. The van der Waals surface area contributed by atoms with Crippen LogP contribution in [0, 0.1) is 0 Å². The van der Waals surface area contributed by atoms with E-state index in [4.69, 9.17) is 4.74 Å². The predicted molar refractivity (Wildman–Crippen MR) is 133 cm³/mol. The van der Waals surface area contributed by atoms with Gasteiger partial charge in [0.2, 0.25) is 0 Å². The van der Waals surface area contributed by atoms with Gasteiger partial charge in [-0.15, -0.1) is 0 Å². The van der Waals surface area contributed by atoms with E-state index in [0.717, 1.165) is 24.6 Å². The largest absolute Gasteiger partial charge is 0.458 e. The summed E-state index contributed by atoms with van der Waals surface area (Å²) in [5.41, 5.74) is 1.24. The summed E-state index contributed by atoms with van der Waals surface area (Å²) in [7, 11) is -4.27. The van der Waals surface area contributed by atoms with Crippen LogP contribution < -0.4 is 10.0 Å². The molecule has 3 rings (SSSR count). The van der Waals surface area contributed by atoms with E-state index in [1.54, 1.807) is 13.8 Å². The lowest BCUT2D eigenvalue weighted by Gasteiger charge is -2.10. The van der Waals surface area contributed by atoms with Gasteiger partial charge in [-0.25, -0.2) is 22.9 Å². The zero-order chi connectivity index (χ0) is 26.1. The van der Waals surface area contributed by atoms with Crippen molar-refractivity contribution in [2.45, 2.75) is 37.7 Å². The summed E-state index contributed by atoms with van der Waals surface area (Å²) in [4.78, 5) is 40.5. The Kier molecular flexibility index (Phi) is 8.91. The molecule has 1 heterocycles. The molecule has 9 nitrogen and oxygen atoms in total. The molecule has 1 aromatic heterocycles. The minimum atomic E-state index is -4.27. The van der Waals surface area contributed by atoms with Crippen molar-refractivity contribution in [1.29, 1.82) is 0 Å². The number of aromatic nitrogens is 1. The normalized spacial score (nSPS) is 11.1. The van der Waals surface area contributed by atoms with E-state index in [9.17, 15) is 22.8 Å². The van der Waals surface area contributed by atoms with Crippen molar-refractivity contribution in [3.63, 3.8) is 0 Å². The van der Waals surface area contributed by atoms with E-state index in [-0.39, 0.29) is 27.8 Å². The molecule has 3 aromatic rings. The molecule has 2 aromatic carbocycles. The van der Waals surface area contributed by atoms with E-state index >= 15 is 0 Å². The van der Waals surface area contributed by atoms with Crippen LogP contribution in [0.3, 0.4) is 0 Å². The summed E-state index contributed by atoms with van der Waals surface area (Å²) < 4.78 is 32.5. The van der Waals surface area contributed by atoms with Crippen LogP contribution in [0.25, 0.3) is 0 Å². The molecular weight excluding hydrogens is 482 g/mol. The summed E-state index contributed by atoms with van der Waals surface area (Å²) >= 11 is 0. The molecule has 188 valence electrons. The van der Waals surface area contributed by atoms with Crippen molar-refractivity contribution < 1.29 is 27.5 Å². The van der Waals surface area contributed by atoms with Crippen molar-refractivity contribution >= 4 is 27.8 Å². The van der Waals surface area contributed by atoms with Crippen LogP contribution in [0.4, 0.5) is 0 Å². The molecule has 0 aliphatic rings. The first kappa shape index (κ1) is 26.6. The number of carbonyl (C=O) groups is 3. The van der Waals surface area contributed by atoms with E-state index in [1.165, 1.54) is 36.4 Å².